The number of benzene rings is 4. The second kappa shape index (κ2) is 11.9. The summed E-state index contributed by atoms with van der Waals surface area (Å²) in [6.45, 7) is 5.46. The summed E-state index contributed by atoms with van der Waals surface area (Å²) in [5.41, 5.74) is 5.88. The lowest BCUT2D eigenvalue weighted by Gasteiger charge is -2.36. The number of thioether (sulfide) groups is 1. The highest BCUT2D eigenvalue weighted by Crippen LogP contribution is 2.42. The van der Waals surface area contributed by atoms with Gasteiger partial charge >= 0.3 is 0 Å². The van der Waals surface area contributed by atoms with E-state index in [1.165, 1.54) is 11.8 Å². The minimum atomic E-state index is -0.0179. The molecule has 2 aliphatic rings. The maximum absolute atomic E-state index is 13.7. The minimum absolute atomic E-state index is 0.0179. The minimum Gasteiger partial charge on any atom is -0.368 e. The molecule has 2 amide bonds. The van der Waals surface area contributed by atoms with E-state index >= 15 is 0 Å². The number of fused-ring (bicyclic) bond motifs is 1. The summed E-state index contributed by atoms with van der Waals surface area (Å²) in [5.74, 6) is 0.0112. The van der Waals surface area contributed by atoms with Crippen LogP contribution in [0.2, 0.25) is 5.02 Å². The lowest BCUT2D eigenvalue weighted by Crippen LogP contribution is -2.48. The number of hydrogen-bond acceptors (Lipinski definition) is 4. The van der Waals surface area contributed by atoms with Gasteiger partial charge in [0.05, 0.1) is 17.1 Å². The Morgan fingerprint density at radius 2 is 1.54 bits per heavy atom. The molecule has 2 heterocycles. The molecule has 41 heavy (non-hydrogen) atoms. The van der Waals surface area contributed by atoms with Crippen LogP contribution >= 0.6 is 23.4 Å². The molecule has 6 rings (SSSR count). The van der Waals surface area contributed by atoms with E-state index in [1.807, 2.05) is 94.7 Å². The van der Waals surface area contributed by atoms with Crippen molar-refractivity contribution in [3.63, 3.8) is 0 Å². The molecule has 1 fully saturated rings. The van der Waals surface area contributed by atoms with Gasteiger partial charge in [-0.1, -0.05) is 71.9 Å². The molecule has 5 nitrogen and oxygen atoms in total. The van der Waals surface area contributed by atoms with E-state index in [1.54, 1.807) is 0 Å². The normalized spacial score (nSPS) is 16.2. The quantitative estimate of drug-likeness (QED) is 0.233. The number of amides is 2. The van der Waals surface area contributed by atoms with Gasteiger partial charge in [0.1, 0.15) is 0 Å². The summed E-state index contributed by atoms with van der Waals surface area (Å²) in [5, 5.41) is 0.720. The maximum Gasteiger partial charge on any atom is 0.265 e. The summed E-state index contributed by atoms with van der Waals surface area (Å²) in [6, 6.07) is 31.6. The number of halogens is 1. The number of piperazine rings is 1. The topological polar surface area (TPSA) is 43.9 Å². The third-order valence-electron chi connectivity index (χ3n) is 7.64. The zero-order valence-corrected chi connectivity index (χ0v) is 24.4. The average Bonchev–Trinajstić information content (AvgIpc) is 3.01. The monoisotopic (exact) mass is 579 g/mol. The number of para-hydroxylation sites is 1. The van der Waals surface area contributed by atoms with Crippen LogP contribution in [0, 0.1) is 6.92 Å². The summed E-state index contributed by atoms with van der Waals surface area (Å²) < 4.78 is 0. The SMILES string of the molecule is Cc1ccccc1CN1C(=O)C(=Cc2ccc(C(=O)N3CCN(c4ccc(Cl)cc4)CC3)cc2)Sc2ccccc21. The van der Waals surface area contributed by atoms with Crippen molar-refractivity contribution in [2.75, 3.05) is 36.0 Å². The smallest absolute Gasteiger partial charge is 0.265 e. The first kappa shape index (κ1) is 27.2. The predicted molar refractivity (Wildman–Crippen MR) is 169 cm³/mol. The molecule has 4 aromatic rings. The summed E-state index contributed by atoms with van der Waals surface area (Å²) >= 11 is 7.52. The average molecular weight is 580 g/mol. The first-order valence-electron chi connectivity index (χ1n) is 13.7. The standard InChI is InChI=1S/C34H30ClN3O2S/c1-24-6-2-3-7-27(24)23-38-30-8-4-5-9-31(30)41-32(34(38)40)22-25-10-12-26(13-11-25)33(39)37-20-18-36(19-21-37)29-16-14-28(35)15-17-29/h2-17,22H,18-21,23H2,1H3. The Morgan fingerprint density at radius 1 is 0.854 bits per heavy atom. The highest BCUT2D eigenvalue weighted by Gasteiger charge is 2.29. The van der Waals surface area contributed by atoms with Crippen LogP contribution < -0.4 is 9.80 Å². The lowest BCUT2D eigenvalue weighted by atomic mass is 10.1. The van der Waals surface area contributed by atoms with E-state index in [0.29, 0.717) is 30.1 Å². The van der Waals surface area contributed by atoms with E-state index in [9.17, 15) is 9.59 Å². The van der Waals surface area contributed by atoms with Crippen molar-refractivity contribution in [1.82, 2.24) is 4.90 Å². The fourth-order valence-electron chi connectivity index (χ4n) is 5.25. The van der Waals surface area contributed by atoms with Crippen molar-refractivity contribution in [2.24, 2.45) is 0 Å². The summed E-state index contributed by atoms with van der Waals surface area (Å²) in [4.78, 5) is 34.7. The van der Waals surface area contributed by atoms with Crippen molar-refractivity contribution < 1.29 is 9.59 Å². The molecule has 0 radical (unpaired) electrons. The third kappa shape index (κ3) is 5.90. The van der Waals surface area contributed by atoms with Gasteiger partial charge in [-0.25, -0.2) is 0 Å². The maximum atomic E-state index is 13.7. The highest BCUT2D eigenvalue weighted by atomic mass is 35.5. The van der Waals surface area contributed by atoms with Crippen molar-refractivity contribution in [3.8, 4) is 0 Å². The molecule has 0 unspecified atom stereocenters. The van der Waals surface area contributed by atoms with Crippen LogP contribution in [0.4, 0.5) is 11.4 Å². The molecule has 0 saturated carbocycles. The molecule has 1 saturated heterocycles. The van der Waals surface area contributed by atoms with Crippen molar-refractivity contribution in [3.05, 3.63) is 129 Å². The number of carbonyl (C=O) groups excluding carboxylic acids is 2. The molecule has 0 aliphatic carbocycles. The second-order valence-electron chi connectivity index (χ2n) is 10.3. The molecular formula is C34H30ClN3O2S. The molecule has 0 atom stereocenters. The van der Waals surface area contributed by atoms with E-state index < -0.39 is 0 Å². The third-order valence-corrected chi connectivity index (χ3v) is 8.97. The number of nitrogens with zero attached hydrogens (tertiary/aromatic N) is 3. The number of hydrogen-bond donors (Lipinski definition) is 0. The molecule has 0 spiro atoms. The van der Waals surface area contributed by atoms with Gasteiger partial charge in [-0.3, -0.25) is 9.59 Å². The molecule has 206 valence electrons. The van der Waals surface area contributed by atoms with Crippen molar-refractivity contribution in [2.45, 2.75) is 18.4 Å². The molecule has 7 heteroatoms. The molecule has 4 aromatic carbocycles. The van der Waals surface area contributed by atoms with Gasteiger partial charge in [0, 0.05) is 47.3 Å². The van der Waals surface area contributed by atoms with Crippen LogP contribution in [0.5, 0.6) is 0 Å². The number of carbonyl (C=O) groups is 2. The van der Waals surface area contributed by atoms with Crippen LogP contribution in [0.1, 0.15) is 27.0 Å². The number of aryl methyl sites for hydroxylation is 1. The van der Waals surface area contributed by atoms with Gasteiger partial charge in [0.15, 0.2) is 0 Å². The summed E-state index contributed by atoms with van der Waals surface area (Å²) in [7, 11) is 0. The first-order valence-corrected chi connectivity index (χ1v) is 14.9. The fourth-order valence-corrected chi connectivity index (χ4v) is 6.44. The number of rotatable bonds is 5. The zero-order chi connectivity index (χ0) is 28.3. The van der Waals surface area contributed by atoms with Gasteiger partial charge < -0.3 is 14.7 Å². The van der Waals surface area contributed by atoms with Gasteiger partial charge in [0.2, 0.25) is 0 Å². The van der Waals surface area contributed by atoms with Crippen molar-refractivity contribution >= 4 is 52.6 Å². The zero-order valence-electron chi connectivity index (χ0n) is 22.8. The predicted octanol–water partition coefficient (Wildman–Crippen LogP) is 7.29. The van der Waals surface area contributed by atoms with Gasteiger partial charge in [0.25, 0.3) is 11.8 Å². The van der Waals surface area contributed by atoms with E-state index in [0.717, 1.165) is 51.1 Å². The lowest BCUT2D eigenvalue weighted by molar-refractivity contribution is -0.114. The van der Waals surface area contributed by atoms with E-state index in [-0.39, 0.29) is 11.8 Å². The number of anilines is 2. The van der Waals surface area contributed by atoms with Crippen LogP contribution in [-0.2, 0) is 11.3 Å². The van der Waals surface area contributed by atoms with Crippen LogP contribution in [0.25, 0.3) is 6.08 Å². The Hall–Kier alpha value is -4.00. The largest absolute Gasteiger partial charge is 0.368 e. The van der Waals surface area contributed by atoms with Gasteiger partial charge in [-0.15, -0.1) is 0 Å². The first-order chi connectivity index (χ1) is 20.0. The van der Waals surface area contributed by atoms with Crippen LogP contribution in [0.3, 0.4) is 0 Å². The molecule has 0 bridgehead atoms. The van der Waals surface area contributed by atoms with Gasteiger partial charge in [-0.2, -0.15) is 0 Å². The summed E-state index contributed by atoms with van der Waals surface area (Å²) in [6.07, 6.45) is 1.92. The van der Waals surface area contributed by atoms with E-state index in [2.05, 4.69) is 30.0 Å². The van der Waals surface area contributed by atoms with Gasteiger partial charge in [-0.05, 0) is 78.2 Å². The highest BCUT2D eigenvalue weighted by molar-refractivity contribution is 8.04. The van der Waals surface area contributed by atoms with E-state index in [4.69, 9.17) is 11.6 Å². The second-order valence-corrected chi connectivity index (χ2v) is 11.8. The molecule has 0 aromatic heterocycles. The Balaban J connectivity index is 1.16. The Kier molecular flexibility index (Phi) is 7.86. The molecule has 2 aliphatic heterocycles. The van der Waals surface area contributed by atoms with Crippen molar-refractivity contribution in [1.29, 1.82) is 0 Å². The molecular weight excluding hydrogens is 550 g/mol. The Morgan fingerprint density at radius 3 is 2.27 bits per heavy atom. The van der Waals surface area contributed by atoms with Crippen LogP contribution in [0.15, 0.2) is 107 Å². The Labute approximate surface area is 250 Å². The fraction of sp³-hybridized carbons (Fsp3) is 0.176. The Bertz CT molecular complexity index is 1610. The van der Waals surface area contributed by atoms with Crippen LogP contribution in [-0.4, -0.2) is 42.9 Å². The molecule has 0 N–H and O–H groups in total.